The van der Waals surface area contributed by atoms with Gasteiger partial charge >= 0.3 is 5.97 Å². The predicted molar refractivity (Wildman–Crippen MR) is 99.7 cm³/mol. The second-order valence-electron chi connectivity index (χ2n) is 6.42. The minimum Gasteiger partial charge on any atom is -0.482 e. The minimum absolute atomic E-state index is 0.108. The van der Waals surface area contributed by atoms with E-state index in [2.05, 4.69) is 19.2 Å². The molecule has 26 heavy (non-hydrogen) atoms. The van der Waals surface area contributed by atoms with E-state index in [9.17, 15) is 9.59 Å². The summed E-state index contributed by atoms with van der Waals surface area (Å²) < 4.78 is 10.3. The second kappa shape index (κ2) is 10.2. The molecular formula is C21H25NO4. The molecule has 0 saturated heterocycles. The van der Waals surface area contributed by atoms with Gasteiger partial charge in [0.1, 0.15) is 5.75 Å². The Labute approximate surface area is 154 Å². The number of hydrogen-bond donors (Lipinski definition) is 1. The largest absolute Gasteiger partial charge is 0.482 e. The normalized spacial score (nSPS) is 11.7. The van der Waals surface area contributed by atoms with Gasteiger partial charge in [0.05, 0.1) is 6.04 Å². The summed E-state index contributed by atoms with van der Waals surface area (Å²) in [7, 11) is 0. The average molecular weight is 355 g/mol. The van der Waals surface area contributed by atoms with Crippen molar-refractivity contribution in [3.05, 3.63) is 66.2 Å². The van der Waals surface area contributed by atoms with Gasteiger partial charge in [-0.05, 0) is 30.0 Å². The zero-order valence-corrected chi connectivity index (χ0v) is 15.2. The Morgan fingerprint density at radius 2 is 1.54 bits per heavy atom. The Morgan fingerprint density at radius 3 is 2.15 bits per heavy atom. The summed E-state index contributed by atoms with van der Waals surface area (Å²) in [5.74, 6) is 0.0917. The third kappa shape index (κ3) is 6.97. The lowest BCUT2D eigenvalue weighted by Crippen LogP contribution is -2.33. The molecule has 0 aliphatic rings. The SMILES string of the molecule is CC(C)C[C@@H](NC(=O)COC(=O)COc1ccccc1)c1ccccc1. The lowest BCUT2D eigenvalue weighted by molar-refractivity contribution is -0.150. The predicted octanol–water partition coefficient (Wildman–Crippen LogP) is 3.51. The standard InChI is InChI=1S/C21H25NO4/c1-16(2)13-19(17-9-5-3-6-10-17)22-20(23)14-26-21(24)15-25-18-11-7-4-8-12-18/h3-12,16,19H,13-15H2,1-2H3,(H,22,23)/t19-/m1/s1. The van der Waals surface area contributed by atoms with Gasteiger partial charge in [-0.15, -0.1) is 0 Å². The fourth-order valence-electron chi connectivity index (χ4n) is 2.52. The third-order valence-electron chi connectivity index (χ3n) is 3.71. The van der Waals surface area contributed by atoms with E-state index < -0.39 is 5.97 Å². The molecule has 0 aliphatic heterocycles. The van der Waals surface area contributed by atoms with E-state index >= 15 is 0 Å². The Bertz CT molecular complexity index is 686. The molecule has 138 valence electrons. The first kappa shape index (κ1) is 19.5. The van der Waals surface area contributed by atoms with Crippen molar-refractivity contribution in [2.45, 2.75) is 26.3 Å². The lowest BCUT2D eigenvalue weighted by atomic mass is 9.97. The third-order valence-corrected chi connectivity index (χ3v) is 3.71. The van der Waals surface area contributed by atoms with Crippen molar-refractivity contribution in [3.8, 4) is 5.75 Å². The van der Waals surface area contributed by atoms with E-state index in [1.807, 2.05) is 48.5 Å². The summed E-state index contributed by atoms with van der Waals surface area (Å²) in [5.41, 5.74) is 1.04. The Balaban J connectivity index is 1.79. The molecule has 0 aromatic heterocycles. The number of carbonyl (C=O) groups is 2. The van der Waals surface area contributed by atoms with Crippen LogP contribution in [0.2, 0.25) is 0 Å². The van der Waals surface area contributed by atoms with Gasteiger partial charge in [-0.1, -0.05) is 62.4 Å². The van der Waals surface area contributed by atoms with E-state index in [0.717, 1.165) is 12.0 Å². The van der Waals surface area contributed by atoms with Gasteiger partial charge in [0, 0.05) is 0 Å². The first-order valence-electron chi connectivity index (χ1n) is 8.72. The first-order chi connectivity index (χ1) is 12.5. The maximum absolute atomic E-state index is 12.2. The fraction of sp³-hybridized carbons (Fsp3) is 0.333. The van der Waals surface area contributed by atoms with Crippen molar-refractivity contribution < 1.29 is 19.1 Å². The second-order valence-corrected chi connectivity index (χ2v) is 6.42. The molecule has 0 heterocycles. The summed E-state index contributed by atoms with van der Waals surface area (Å²) in [5, 5.41) is 2.94. The van der Waals surface area contributed by atoms with E-state index in [1.165, 1.54) is 0 Å². The topological polar surface area (TPSA) is 64.6 Å². The molecule has 1 amide bonds. The number of ether oxygens (including phenoxy) is 2. The number of nitrogens with one attached hydrogen (secondary N) is 1. The molecule has 5 nitrogen and oxygen atoms in total. The smallest absolute Gasteiger partial charge is 0.344 e. The number of rotatable bonds is 9. The van der Waals surface area contributed by atoms with Gasteiger partial charge in [0.25, 0.3) is 5.91 Å². The number of benzene rings is 2. The van der Waals surface area contributed by atoms with Crippen molar-refractivity contribution in [3.63, 3.8) is 0 Å². The van der Waals surface area contributed by atoms with Crippen LogP contribution in [0.15, 0.2) is 60.7 Å². The van der Waals surface area contributed by atoms with Crippen molar-refractivity contribution in [2.24, 2.45) is 5.92 Å². The number of amides is 1. The highest BCUT2D eigenvalue weighted by Gasteiger charge is 2.17. The van der Waals surface area contributed by atoms with Crippen LogP contribution in [0.1, 0.15) is 31.9 Å². The summed E-state index contributed by atoms with van der Waals surface area (Å²) in [6, 6.07) is 18.6. The Morgan fingerprint density at radius 1 is 0.923 bits per heavy atom. The quantitative estimate of drug-likeness (QED) is 0.699. The molecule has 0 fully saturated rings. The maximum atomic E-state index is 12.2. The van der Waals surface area contributed by atoms with Gasteiger partial charge in [0.2, 0.25) is 0 Å². The molecular weight excluding hydrogens is 330 g/mol. The number of hydrogen-bond acceptors (Lipinski definition) is 4. The molecule has 0 spiro atoms. The molecule has 0 bridgehead atoms. The molecule has 0 radical (unpaired) electrons. The molecule has 1 N–H and O–H groups in total. The summed E-state index contributed by atoms with van der Waals surface area (Å²) in [6.45, 7) is 3.65. The van der Waals surface area contributed by atoms with E-state index in [-0.39, 0.29) is 25.2 Å². The maximum Gasteiger partial charge on any atom is 0.344 e. The molecule has 0 unspecified atom stereocenters. The lowest BCUT2D eigenvalue weighted by Gasteiger charge is -2.21. The van der Waals surface area contributed by atoms with Crippen molar-refractivity contribution in [1.29, 1.82) is 0 Å². The van der Waals surface area contributed by atoms with Crippen LogP contribution in [0, 0.1) is 5.92 Å². The number of para-hydroxylation sites is 1. The van der Waals surface area contributed by atoms with Gasteiger partial charge in [0.15, 0.2) is 13.2 Å². The van der Waals surface area contributed by atoms with Gasteiger partial charge in [-0.25, -0.2) is 4.79 Å². The van der Waals surface area contributed by atoms with E-state index in [0.29, 0.717) is 11.7 Å². The Hall–Kier alpha value is -2.82. The number of esters is 1. The molecule has 2 rings (SSSR count). The van der Waals surface area contributed by atoms with Crippen LogP contribution < -0.4 is 10.1 Å². The highest BCUT2D eigenvalue weighted by Crippen LogP contribution is 2.20. The first-order valence-corrected chi connectivity index (χ1v) is 8.72. The molecule has 0 aliphatic carbocycles. The zero-order chi connectivity index (χ0) is 18.8. The number of carbonyl (C=O) groups excluding carboxylic acids is 2. The monoisotopic (exact) mass is 355 g/mol. The van der Waals surface area contributed by atoms with Crippen LogP contribution in [0.4, 0.5) is 0 Å². The van der Waals surface area contributed by atoms with Gasteiger partial charge in [-0.3, -0.25) is 4.79 Å². The molecule has 0 saturated carbocycles. The molecule has 1 atom stereocenters. The van der Waals surface area contributed by atoms with E-state index in [1.54, 1.807) is 12.1 Å². The molecule has 2 aromatic carbocycles. The van der Waals surface area contributed by atoms with Crippen LogP contribution >= 0.6 is 0 Å². The minimum atomic E-state index is -0.580. The van der Waals surface area contributed by atoms with Crippen molar-refractivity contribution in [1.82, 2.24) is 5.32 Å². The summed E-state index contributed by atoms with van der Waals surface area (Å²) in [6.07, 6.45) is 0.806. The highest BCUT2D eigenvalue weighted by atomic mass is 16.6. The van der Waals surface area contributed by atoms with Crippen LogP contribution in [0.25, 0.3) is 0 Å². The summed E-state index contributed by atoms with van der Waals surface area (Å²) in [4.78, 5) is 23.9. The zero-order valence-electron chi connectivity index (χ0n) is 15.2. The summed E-state index contributed by atoms with van der Waals surface area (Å²) >= 11 is 0. The molecule has 5 heteroatoms. The van der Waals surface area contributed by atoms with Crippen molar-refractivity contribution >= 4 is 11.9 Å². The highest BCUT2D eigenvalue weighted by molar-refractivity contribution is 5.81. The average Bonchev–Trinajstić information content (AvgIpc) is 2.65. The molecule has 2 aromatic rings. The van der Waals surface area contributed by atoms with Crippen LogP contribution in [0.5, 0.6) is 5.75 Å². The van der Waals surface area contributed by atoms with Crippen LogP contribution in [0.3, 0.4) is 0 Å². The van der Waals surface area contributed by atoms with Crippen molar-refractivity contribution in [2.75, 3.05) is 13.2 Å². The van der Waals surface area contributed by atoms with Crippen LogP contribution in [-0.4, -0.2) is 25.1 Å². The van der Waals surface area contributed by atoms with Crippen LogP contribution in [-0.2, 0) is 14.3 Å². The Kier molecular flexibility index (Phi) is 7.68. The fourth-order valence-corrected chi connectivity index (χ4v) is 2.52. The van der Waals surface area contributed by atoms with E-state index in [4.69, 9.17) is 9.47 Å². The van der Waals surface area contributed by atoms with Gasteiger partial charge < -0.3 is 14.8 Å². The van der Waals surface area contributed by atoms with Gasteiger partial charge in [-0.2, -0.15) is 0 Å².